The standard InChI is InChI=1S/C22H28O3/c1-3-4-5-7-19-8-10-20(11-9-19)21-12-14-22(15-13-21)25-17-6-16-24-18(2)23/h8-15H,3-7,16-17H2,1-2H3. The Morgan fingerprint density at radius 3 is 2.08 bits per heavy atom. The molecule has 2 aromatic rings. The van der Waals surface area contributed by atoms with Crippen LogP contribution in [0.1, 0.15) is 45.1 Å². The van der Waals surface area contributed by atoms with Crippen molar-refractivity contribution in [3.05, 3.63) is 54.1 Å². The summed E-state index contributed by atoms with van der Waals surface area (Å²) in [6, 6.07) is 17.0. The summed E-state index contributed by atoms with van der Waals surface area (Å²) in [5, 5.41) is 0. The Balaban J connectivity index is 1.81. The van der Waals surface area contributed by atoms with E-state index in [1.54, 1.807) is 0 Å². The van der Waals surface area contributed by atoms with E-state index in [0.29, 0.717) is 19.6 Å². The summed E-state index contributed by atoms with van der Waals surface area (Å²) in [6.45, 7) is 4.59. The van der Waals surface area contributed by atoms with Crippen LogP contribution >= 0.6 is 0 Å². The van der Waals surface area contributed by atoms with Crippen LogP contribution in [0.4, 0.5) is 0 Å². The number of esters is 1. The van der Waals surface area contributed by atoms with Crippen LogP contribution < -0.4 is 4.74 Å². The number of carbonyl (C=O) groups excluding carboxylic acids is 1. The van der Waals surface area contributed by atoms with Gasteiger partial charge < -0.3 is 9.47 Å². The highest BCUT2D eigenvalue weighted by Gasteiger charge is 2.01. The maximum Gasteiger partial charge on any atom is 0.302 e. The minimum absolute atomic E-state index is 0.249. The Labute approximate surface area is 151 Å². The lowest BCUT2D eigenvalue weighted by atomic mass is 10.0. The fourth-order valence-electron chi connectivity index (χ4n) is 2.65. The molecule has 0 fully saturated rings. The van der Waals surface area contributed by atoms with Crippen molar-refractivity contribution in [3.8, 4) is 16.9 Å². The SMILES string of the molecule is CCCCCc1ccc(-c2ccc(OCCCOC(C)=O)cc2)cc1. The largest absolute Gasteiger partial charge is 0.493 e. The highest BCUT2D eigenvalue weighted by molar-refractivity contribution is 5.66. The van der Waals surface area contributed by atoms with Crippen LogP contribution in [-0.2, 0) is 16.0 Å². The molecule has 134 valence electrons. The summed E-state index contributed by atoms with van der Waals surface area (Å²) in [4.78, 5) is 10.7. The monoisotopic (exact) mass is 340 g/mol. The molecule has 2 aromatic carbocycles. The fraction of sp³-hybridized carbons (Fsp3) is 0.409. The van der Waals surface area contributed by atoms with Gasteiger partial charge in [-0.1, -0.05) is 56.2 Å². The second-order valence-corrected chi connectivity index (χ2v) is 6.22. The van der Waals surface area contributed by atoms with Crippen LogP contribution in [0.15, 0.2) is 48.5 Å². The molecule has 3 nitrogen and oxygen atoms in total. The first-order valence-electron chi connectivity index (χ1n) is 9.14. The number of hydrogen-bond donors (Lipinski definition) is 0. The van der Waals surface area contributed by atoms with Gasteiger partial charge in [-0.15, -0.1) is 0 Å². The van der Waals surface area contributed by atoms with E-state index in [2.05, 4.69) is 43.3 Å². The highest BCUT2D eigenvalue weighted by atomic mass is 16.5. The molecule has 0 bridgehead atoms. The van der Waals surface area contributed by atoms with E-state index in [1.807, 2.05) is 12.1 Å². The van der Waals surface area contributed by atoms with Crippen LogP contribution in [0.5, 0.6) is 5.75 Å². The molecule has 0 amide bonds. The molecule has 0 aliphatic carbocycles. The predicted molar refractivity (Wildman–Crippen MR) is 102 cm³/mol. The summed E-state index contributed by atoms with van der Waals surface area (Å²) in [5.41, 5.74) is 3.82. The van der Waals surface area contributed by atoms with Gasteiger partial charge in [0.05, 0.1) is 13.2 Å². The van der Waals surface area contributed by atoms with E-state index < -0.39 is 0 Å². The maximum absolute atomic E-state index is 10.7. The van der Waals surface area contributed by atoms with Gasteiger partial charge in [0.2, 0.25) is 0 Å². The molecule has 0 saturated carbocycles. The average Bonchev–Trinajstić information content (AvgIpc) is 2.63. The molecule has 0 heterocycles. The van der Waals surface area contributed by atoms with Crippen molar-refractivity contribution in [2.75, 3.05) is 13.2 Å². The highest BCUT2D eigenvalue weighted by Crippen LogP contribution is 2.23. The van der Waals surface area contributed by atoms with Gasteiger partial charge >= 0.3 is 5.97 Å². The first-order chi connectivity index (χ1) is 12.2. The van der Waals surface area contributed by atoms with E-state index in [9.17, 15) is 4.79 Å². The van der Waals surface area contributed by atoms with Crippen molar-refractivity contribution >= 4 is 5.97 Å². The topological polar surface area (TPSA) is 35.5 Å². The zero-order valence-electron chi connectivity index (χ0n) is 15.3. The summed E-state index contributed by atoms with van der Waals surface area (Å²) in [6.07, 6.45) is 5.68. The Hall–Kier alpha value is -2.29. The number of ether oxygens (including phenoxy) is 2. The van der Waals surface area contributed by atoms with E-state index in [1.165, 1.54) is 42.9 Å². The van der Waals surface area contributed by atoms with Crippen LogP contribution in [0, 0.1) is 0 Å². The zero-order valence-corrected chi connectivity index (χ0v) is 15.3. The molecule has 0 unspecified atom stereocenters. The Bertz CT molecular complexity index is 629. The third-order valence-corrected chi connectivity index (χ3v) is 4.07. The predicted octanol–water partition coefficient (Wildman–Crippen LogP) is 5.42. The smallest absolute Gasteiger partial charge is 0.302 e. The van der Waals surface area contributed by atoms with Crippen LogP contribution in [0.25, 0.3) is 11.1 Å². The second-order valence-electron chi connectivity index (χ2n) is 6.22. The lowest BCUT2D eigenvalue weighted by molar-refractivity contribution is -0.141. The van der Waals surface area contributed by atoms with Gasteiger partial charge in [0, 0.05) is 13.3 Å². The van der Waals surface area contributed by atoms with Gasteiger partial charge in [0.1, 0.15) is 5.75 Å². The third kappa shape index (κ3) is 7.00. The Morgan fingerprint density at radius 2 is 1.48 bits per heavy atom. The van der Waals surface area contributed by atoms with E-state index in [4.69, 9.17) is 9.47 Å². The van der Waals surface area contributed by atoms with Crippen molar-refractivity contribution in [3.63, 3.8) is 0 Å². The van der Waals surface area contributed by atoms with Crippen molar-refractivity contribution in [1.82, 2.24) is 0 Å². The first-order valence-corrected chi connectivity index (χ1v) is 9.14. The molecule has 0 aromatic heterocycles. The molecular formula is C22H28O3. The molecule has 2 rings (SSSR count). The lowest BCUT2D eigenvalue weighted by Gasteiger charge is -2.08. The molecule has 0 spiro atoms. The van der Waals surface area contributed by atoms with Crippen molar-refractivity contribution in [1.29, 1.82) is 0 Å². The van der Waals surface area contributed by atoms with Crippen molar-refractivity contribution in [2.24, 2.45) is 0 Å². The average molecular weight is 340 g/mol. The van der Waals surface area contributed by atoms with Gasteiger partial charge in [0.25, 0.3) is 0 Å². The number of unbranched alkanes of at least 4 members (excludes halogenated alkanes) is 2. The number of hydrogen-bond acceptors (Lipinski definition) is 3. The third-order valence-electron chi connectivity index (χ3n) is 4.07. The number of aryl methyl sites for hydroxylation is 1. The molecule has 0 N–H and O–H groups in total. The van der Waals surface area contributed by atoms with Gasteiger partial charge in [0.15, 0.2) is 0 Å². The maximum atomic E-state index is 10.7. The fourth-order valence-corrected chi connectivity index (χ4v) is 2.65. The summed E-state index contributed by atoms with van der Waals surface area (Å²) < 4.78 is 10.5. The van der Waals surface area contributed by atoms with E-state index in [-0.39, 0.29) is 5.97 Å². The minimum Gasteiger partial charge on any atom is -0.493 e. The Kier molecular flexibility index (Phi) is 8.03. The van der Waals surface area contributed by atoms with Crippen LogP contribution in [-0.4, -0.2) is 19.2 Å². The molecule has 0 aliphatic heterocycles. The van der Waals surface area contributed by atoms with Gasteiger partial charge in [-0.25, -0.2) is 0 Å². The quantitative estimate of drug-likeness (QED) is 0.428. The van der Waals surface area contributed by atoms with Gasteiger partial charge in [-0.2, -0.15) is 0 Å². The molecular weight excluding hydrogens is 312 g/mol. The molecule has 3 heteroatoms. The normalized spacial score (nSPS) is 10.5. The first kappa shape index (κ1) is 19.0. The summed E-state index contributed by atoms with van der Waals surface area (Å²) in [7, 11) is 0. The Morgan fingerprint density at radius 1 is 0.840 bits per heavy atom. The molecule has 25 heavy (non-hydrogen) atoms. The lowest BCUT2D eigenvalue weighted by Crippen LogP contribution is -2.05. The number of rotatable bonds is 10. The van der Waals surface area contributed by atoms with Crippen molar-refractivity contribution < 1.29 is 14.3 Å². The zero-order chi connectivity index (χ0) is 17.9. The number of carbonyl (C=O) groups is 1. The van der Waals surface area contributed by atoms with E-state index in [0.717, 1.165) is 12.2 Å². The van der Waals surface area contributed by atoms with Crippen LogP contribution in [0.2, 0.25) is 0 Å². The molecule has 0 radical (unpaired) electrons. The molecule has 0 saturated heterocycles. The van der Waals surface area contributed by atoms with Crippen LogP contribution in [0.3, 0.4) is 0 Å². The second kappa shape index (κ2) is 10.5. The minimum atomic E-state index is -0.249. The van der Waals surface area contributed by atoms with E-state index >= 15 is 0 Å². The molecule has 0 atom stereocenters. The van der Waals surface area contributed by atoms with Crippen molar-refractivity contribution in [2.45, 2.75) is 46.0 Å². The van der Waals surface area contributed by atoms with Gasteiger partial charge in [-0.05, 0) is 41.7 Å². The van der Waals surface area contributed by atoms with Gasteiger partial charge in [-0.3, -0.25) is 4.79 Å². The summed E-state index contributed by atoms with van der Waals surface area (Å²) >= 11 is 0. The number of benzene rings is 2. The summed E-state index contributed by atoms with van der Waals surface area (Å²) in [5.74, 6) is 0.587. The molecule has 0 aliphatic rings.